The summed E-state index contributed by atoms with van der Waals surface area (Å²) in [5, 5.41) is 0. The SMILES string of the molecule is CN1CCN(F)S1(=O)=O. The van der Waals surface area contributed by atoms with E-state index in [4.69, 9.17) is 0 Å². The van der Waals surface area contributed by atoms with Crippen molar-refractivity contribution in [2.75, 3.05) is 20.1 Å². The molecule has 0 aromatic heterocycles. The Morgan fingerprint density at radius 3 is 2.11 bits per heavy atom. The Morgan fingerprint density at radius 1 is 1.44 bits per heavy atom. The van der Waals surface area contributed by atoms with Crippen LogP contribution in [0.2, 0.25) is 0 Å². The maximum atomic E-state index is 12.2. The Hall–Kier alpha value is -0.200. The highest BCUT2D eigenvalue weighted by Gasteiger charge is 2.33. The van der Waals surface area contributed by atoms with Crippen molar-refractivity contribution < 1.29 is 12.9 Å². The molecule has 54 valence electrons. The van der Waals surface area contributed by atoms with E-state index in [1.165, 1.54) is 7.05 Å². The van der Waals surface area contributed by atoms with Gasteiger partial charge in [0.15, 0.2) is 0 Å². The summed E-state index contributed by atoms with van der Waals surface area (Å²) in [6, 6.07) is 0. The normalized spacial score (nSPS) is 29.1. The standard InChI is InChI=1S/C3H7FN2O2S/c1-5-2-3-6(4)9(5,7)8/h2-3H2,1H3. The van der Waals surface area contributed by atoms with Crippen LogP contribution in [-0.4, -0.2) is 37.4 Å². The summed E-state index contributed by atoms with van der Waals surface area (Å²) >= 11 is 0. The molecule has 1 aliphatic heterocycles. The van der Waals surface area contributed by atoms with Crippen LogP contribution in [0.3, 0.4) is 0 Å². The molecule has 0 aromatic rings. The number of nitrogens with zero attached hydrogens (tertiary/aromatic N) is 2. The lowest BCUT2D eigenvalue weighted by molar-refractivity contribution is 0.157. The van der Waals surface area contributed by atoms with Crippen LogP contribution < -0.4 is 0 Å². The Kier molecular flexibility index (Phi) is 1.45. The predicted octanol–water partition coefficient (Wildman–Crippen LogP) is -0.637. The minimum Gasteiger partial charge on any atom is -0.192 e. The molecular formula is C3H7FN2O2S. The first kappa shape index (κ1) is 6.91. The van der Waals surface area contributed by atoms with Gasteiger partial charge in [-0.25, -0.2) is 0 Å². The molecule has 0 aromatic carbocycles. The molecular weight excluding hydrogens is 147 g/mol. The minimum absolute atomic E-state index is 0.0567. The number of halogens is 1. The summed E-state index contributed by atoms with van der Waals surface area (Å²) in [6.45, 7) is 0.178. The van der Waals surface area contributed by atoms with Gasteiger partial charge in [-0.15, -0.1) is 4.48 Å². The van der Waals surface area contributed by atoms with Crippen LogP contribution in [0.4, 0.5) is 4.48 Å². The van der Waals surface area contributed by atoms with Gasteiger partial charge in [-0.05, 0) is 4.53 Å². The molecule has 0 spiro atoms. The first-order chi connectivity index (χ1) is 4.05. The first-order valence-corrected chi connectivity index (χ1v) is 3.84. The van der Waals surface area contributed by atoms with Crippen LogP contribution in [0, 0.1) is 0 Å². The molecule has 1 rings (SSSR count). The molecule has 0 bridgehead atoms. The topological polar surface area (TPSA) is 40.6 Å². The fourth-order valence-electron chi connectivity index (χ4n) is 0.601. The van der Waals surface area contributed by atoms with E-state index < -0.39 is 10.2 Å². The lowest BCUT2D eigenvalue weighted by Crippen LogP contribution is -2.25. The summed E-state index contributed by atoms with van der Waals surface area (Å²) in [7, 11) is -2.36. The summed E-state index contributed by atoms with van der Waals surface area (Å²) in [5.74, 6) is 0. The quantitative estimate of drug-likeness (QED) is 0.435. The van der Waals surface area contributed by atoms with Gasteiger partial charge < -0.3 is 0 Å². The molecule has 1 aliphatic rings. The van der Waals surface area contributed by atoms with Crippen molar-refractivity contribution in [1.82, 2.24) is 8.83 Å². The third-order valence-corrected chi connectivity index (χ3v) is 2.89. The summed E-state index contributed by atoms with van der Waals surface area (Å²) in [5.41, 5.74) is 0. The third-order valence-electron chi connectivity index (χ3n) is 1.23. The van der Waals surface area contributed by atoms with E-state index in [-0.39, 0.29) is 17.6 Å². The Morgan fingerprint density at radius 2 is 2.00 bits per heavy atom. The summed E-state index contributed by atoms with van der Waals surface area (Å²) in [6.07, 6.45) is 0. The smallest absolute Gasteiger partial charge is 0.192 e. The molecule has 0 radical (unpaired) electrons. The van der Waals surface area contributed by atoms with Gasteiger partial charge in [-0.2, -0.15) is 12.7 Å². The zero-order chi connectivity index (χ0) is 7.07. The molecule has 1 saturated heterocycles. The van der Waals surface area contributed by atoms with Gasteiger partial charge in [0.25, 0.3) is 0 Å². The maximum absolute atomic E-state index is 12.2. The lowest BCUT2D eigenvalue weighted by atomic mass is 10.7. The van der Waals surface area contributed by atoms with Crippen LogP contribution in [-0.2, 0) is 10.2 Å². The van der Waals surface area contributed by atoms with E-state index in [2.05, 4.69) is 0 Å². The predicted molar refractivity (Wildman–Crippen MR) is 29.4 cm³/mol. The largest absolute Gasteiger partial charge is 0.308 e. The van der Waals surface area contributed by atoms with Crippen LogP contribution in [0.25, 0.3) is 0 Å². The first-order valence-electron chi connectivity index (χ1n) is 2.45. The number of likely N-dealkylation sites (N-methyl/N-ethyl adjacent to an activating group) is 1. The molecule has 4 nitrogen and oxygen atoms in total. The summed E-state index contributed by atoms with van der Waals surface area (Å²) < 4.78 is 34.1. The highest BCUT2D eigenvalue weighted by atomic mass is 32.2. The van der Waals surface area contributed by atoms with Gasteiger partial charge in [0.1, 0.15) is 0 Å². The molecule has 0 N–H and O–H groups in total. The van der Waals surface area contributed by atoms with E-state index >= 15 is 0 Å². The van der Waals surface area contributed by atoms with E-state index in [0.29, 0.717) is 0 Å². The zero-order valence-electron chi connectivity index (χ0n) is 4.91. The summed E-state index contributed by atoms with van der Waals surface area (Å²) in [4.78, 5) is 0. The van der Waals surface area contributed by atoms with Crippen LogP contribution in [0.1, 0.15) is 0 Å². The Bertz CT molecular complexity index is 186. The van der Waals surface area contributed by atoms with Crippen LogP contribution in [0.15, 0.2) is 0 Å². The fraction of sp³-hybridized carbons (Fsp3) is 1.00. The van der Waals surface area contributed by atoms with Crippen molar-refractivity contribution in [1.29, 1.82) is 0 Å². The molecule has 9 heavy (non-hydrogen) atoms. The molecule has 1 heterocycles. The van der Waals surface area contributed by atoms with Crippen molar-refractivity contribution in [2.24, 2.45) is 0 Å². The van der Waals surface area contributed by atoms with Crippen molar-refractivity contribution in [3.8, 4) is 0 Å². The second kappa shape index (κ2) is 1.89. The van der Waals surface area contributed by atoms with Gasteiger partial charge >= 0.3 is 10.2 Å². The molecule has 0 atom stereocenters. The second-order valence-corrected chi connectivity index (χ2v) is 3.76. The van der Waals surface area contributed by atoms with Gasteiger partial charge in [-0.1, -0.05) is 0 Å². The number of hydrogen-bond acceptors (Lipinski definition) is 2. The Labute approximate surface area is 53.0 Å². The van der Waals surface area contributed by atoms with Crippen LogP contribution >= 0.6 is 0 Å². The van der Waals surface area contributed by atoms with E-state index in [9.17, 15) is 12.9 Å². The van der Waals surface area contributed by atoms with Crippen molar-refractivity contribution in [2.45, 2.75) is 0 Å². The Balaban J connectivity index is 2.93. The van der Waals surface area contributed by atoms with E-state index in [0.717, 1.165) is 4.31 Å². The van der Waals surface area contributed by atoms with Crippen molar-refractivity contribution in [3.05, 3.63) is 0 Å². The molecule has 0 unspecified atom stereocenters. The highest BCUT2D eigenvalue weighted by molar-refractivity contribution is 7.86. The molecule has 1 fully saturated rings. The number of rotatable bonds is 0. The maximum Gasteiger partial charge on any atom is 0.308 e. The molecule has 0 aliphatic carbocycles. The van der Waals surface area contributed by atoms with E-state index in [1.807, 2.05) is 0 Å². The molecule has 6 heteroatoms. The van der Waals surface area contributed by atoms with Crippen molar-refractivity contribution in [3.63, 3.8) is 0 Å². The molecule has 0 saturated carbocycles. The van der Waals surface area contributed by atoms with Gasteiger partial charge in [-0.3, -0.25) is 0 Å². The average Bonchev–Trinajstić information content (AvgIpc) is 1.96. The highest BCUT2D eigenvalue weighted by Crippen LogP contribution is 2.12. The van der Waals surface area contributed by atoms with Gasteiger partial charge in [0, 0.05) is 13.6 Å². The van der Waals surface area contributed by atoms with Crippen molar-refractivity contribution >= 4 is 10.2 Å². The number of hydrogen-bond donors (Lipinski definition) is 0. The van der Waals surface area contributed by atoms with Gasteiger partial charge in [0.05, 0.1) is 6.54 Å². The second-order valence-electron chi connectivity index (χ2n) is 1.84. The third kappa shape index (κ3) is 0.930. The zero-order valence-corrected chi connectivity index (χ0v) is 5.73. The van der Waals surface area contributed by atoms with E-state index in [1.54, 1.807) is 0 Å². The molecule has 0 amide bonds. The van der Waals surface area contributed by atoms with Crippen LogP contribution in [0.5, 0.6) is 0 Å². The minimum atomic E-state index is -3.70. The fourth-order valence-corrected chi connectivity index (χ4v) is 1.53. The average molecular weight is 154 g/mol. The van der Waals surface area contributed by atoms with Gasteiger partial charge in [0.2, 0.25) is 0 Å². The monoisotopic (exact) mass is 154 g/mol. The lowest BCUT2D eigenvalue weighted by Gasteiger charge is -2.04.